The molecule has 0 spiro atoms. The minimum atomic E-state index is -4.04. The van der Waals surface area contributed by atoms with Crippen LogP contribution < -0.4 is 13.8 Å². The van der Waals surface area contributed by atoms with Gasteiger partial charge < -0.3 is 14.4 Å². The lowest BCUT2D eigenvalue weighted by molar-refractivity contribution is -0.130. The summed E-state index contributed by atoms with van der Waals surface area (Å²) in [4.78, 5) is 15.4. The molecule has 0 N–H and O–H groups in total. The van der Waals surface area contributed by atoms with Gasteiger partial charge in [-0.3, -0.25) is 9.10 Å². The quantitative estimate of drug-likeness (QED) is 0.482. The summed E-state index contributed by atoms with van der Waals surface area (Å²) in [5.74, 6) is 0.806. The van der Waals surface area contributed by atoms with Crippen molar-refractivity contribution in [3.05, 3.63) is 84.4 Å². The Labute approximate surface area is 200 Å². The molecular weight excluding hydrogens is 452 g/mol. The number of sulfonamides is 1. The van der Waals surface area contributed by atoms with Gasteiger partial charge in [0.15, 0.2) is 0 Å². The number of methoxy groups -OCH3 is 2. The molecule has 8 heteroatoms. The molecule has 0 aliphatic carbocycles. The van der Waals surface area contributed by atoms with Crippen molar-refractivity contribution in [3.8, 4) is 11.5 Å². The van der Waals surface area contributed by atoms with E-state index in [1.165, 1.54) is 26.4 Å². The molecule has 1 amide bonds. The van der Waals surface area contributed by atoms with Crippen molar-refractivity contribution in [3.63, 3.8) is 0 Å². The maximum absolute atomic E-state index is 13.7. The fourth-order valence-corrected chi connectivity index (χ4v) is 5.66. The van der Waals surface area contributed by atoms with Crippen LogP contribution in [0.3, 0.4) is 0 Å². The Bertz CT molecular complexity index is 1230. The number of likely N-dealkylation sites (tertiary alicyclic amines) is 1. The number of nitrogens with zero attached hydrogens (tertiary/aromatic N) is 2. The van der Waals surface area contributed by atoms with Crippen LogP contribution in [0.25, 0.3) is 0 Å². The summed E-state index contributed by atoms with van der Waals surface area (Å²) in [6.07, 6.45) is 1.72. The minimum absolute atomic E-state index is 0.0652. The lowest BCUT2D eigenvalue weighted by atomic mass is 10.0. The third kappa shape index (κ3) is 4.87. The van der Waals surface area contributed by atoms with Crippen LogP contribution in [0.4, 0.5) is 5.69 Å². The van der Waals surface area contributed by atoms with E-state index < -0.39 is 10.0 Å². The van der Waals surface area contributed by atoms with E-state index in [1.54, 1.807) is 41.3 Å². The molecule has 1 saturated heterocycles. The highest BCUT2D eigenvalue weighted by molar-refractivity contribution is 7.92. The van der Waals surface area contributed by atoms with E-state index in [0.717, 1.165) is 22.7 Å². The van der Waals surface area contributed by atoms with Crippen LogP contribution in [0.5, 0.6) is 11.5 Å². The average Bonchev–Trinajstić information content (AvgIpc) is 3.38. The SMILES string of the molecule is COc1ccc(S(=O)(=O)N(CC(=O)N2CCCC2c2ccccc2)c2cccc(OC)c2)cc1. The van der Waals surface area contributed by atoms with Gasteiger partial charge in [-0.15, -0.1) is 0 Å². The van der Waals surface area contributed by atoms with Gasteiger partial charge in [0, 0.05) is 12.6 Å². The lowest BCUT2D eigenvalue weighted by Crippen LogP contribution is -2.42. The zero-order chi connectivity index (χ0) is 24.1. The molecule has 1 aliphatic heterocycles. The topological polar surface area (TPSA) is 76.2 Å². The van der Waals surface area contributed by atoms with Crippen molar-refractivity contribution < 1.29 is 22.7 Å². The third-order valence-electron chi connectivity index (χ3n) is 6.03. The van der Waals surface area contributed by atoms with Crippen molar-refractivity contribution in [1.82, 2.24) is 4.90 Å². The molecule has 34 heavy (non-hydrogen) atoms. The number of rotatable bonds is 8. The molecule has 0 aromatic heterocycles. The van der Waals surface area contributed by atoms with Crippen molar-refractivity contribution >= 4 is 21.6 Å². The zero-order valence-electron chi connectivity index (χ0n) is 19.3. The number of amides is 1. The predicted molar refractivity (Wildman–Crippen MR) is 131 cm³/mol. The molecule has 178 valence electrons. The van der Waals surface area contributed by atoms with Gasteiger partial charge in [-0.05, 0) is 54.8 Å². The molecule has 0 saturated carbocycles. The summed E-state index contributed by atoms with van der Waals surface area (Å²) in [5, 5.41) is 0. The Balaban J connectivity index is 1.68. The molecule has 7 nitrogen and oxygen atoms in total. The third-order valence-corrected chi connectivity index (χ3v) is 7.81. The normalized spacial score (nSPS) is 15.7. The molecule has 3 aromatic rings. The van der Waals surface area contributed by atoms with E-state index in [4.69, 9.17) is 9.47 Å². The summed E-state index contributed by atoms with van der Waals surface area (Å²) < 4.78 is 39.0. The Morgan fingerprint density at radius 1 is 0.941 bits per heavy atom. The Kier molecular flexibility index (Phi) is 7.07. The fourth-order valence-electron chi connectivity index (χ4n) is 4.26. The van der Waals surface area contributed by atoms with Crippen molar-refractivity contribution in [2.24, 2.45) is 0 Å². The largest absolute Gasteiger partial charge is 0.497 e. The number of benzene rings is 3. The highest BCUT2D eigenvalue weighted by Crippen LogP contribution is 2.33. The van der Waals surface area contributed by atoms with E-state index >= 15 is 0 Å². The van der Waals surface area contributed by atoms with Gasteiger partial charge in [0.1, 0.15) is 18.0 Å². The molecule has 0 bridgehead atoms. The molecule has 4 rings (SSSR count). The summed E-state index contributed by atoms with van der Waals surface area (Å²) in [7, 11) is -1.00. The van der Waals surface area contributed by atoms with E-state index in [-0.39, 0.29) is 23.4 Å². The molecular formula is C26H28N2O5S. The Morgan fingerprint density at radius 3 is 2.32 bits per heavy atom. The molecule has 1 fully saturated rings. The van der Waals surface area contributed by atoms with Crippen LogP contribution >= 0.6 is 0 Å². The minimum Gasteiger partial charge on any atom is -0.497 e. The Morgan fingerprint density at radius 2 is 1.65 bits per heavy atom. The van der Waals surface area contributed by atoms with Crippen LogP contribution in [-0.4, -0.2) is 46.5 Å². The number of anilines is 1. The fraction of sp³-hybridized carbons (Fsp3) is 0.269. The number of hydrogen-bond donors (Lipinski definition) is 0. The van der Waals surface area contributed by atoms with Crippen LogP contribution in [0.1, 0.15) is 24.4 Å². The van der Waals surface area contributed by atoms with Gasteiger partial charge in [-0.1, -0.05) is 36.4 Å². The molecule has 1 heterocycles. The first-order valence-corrected chi connectivity index (χ1v) is 12.5. The average molecular weight is 481 g/mol. The van der Waals surface area contributed by atoms with Crippen LogP contribution in [0.2, 0.25) is 0 Å². The van der Waals surface area contributed by atoms with Gasteiger partial charge in [0.25, 0.3) is 10.0 Å². The van der Waals surface area contributed by atoms with Crippen LogP contribution in [-0.2, 0) is 14.8 Å². The first-order chi connectivity index (χ1) is 16.4. The second-order valence-electron chi connectivity index (χ2n) is 8.04. The van der Waals surface area contributed by atoms with Gasteiger partial charge in [0.2, 0.25) is 5.91 Å². The van der Waals surface area contributed by atoms with Gasteiger partial charge in [-0.25, -0.2) is 8.42 Å². The summed E-state index contributed by atoms with van der Waals surface area (Å²) >= 11 is 0. The second-order valence-corrected chi connectivity index (χ2v) is 9.91. The summed E-state index contributed by atoms with van der Waals surface area (Å²) in [5.41, 5.74) is 1.42. The lowest BCUT2D eigenvalue weighted by Gasteiger charge is -2.30. The van der Waals surface area contributed by atoms with Crippen molar-refractivity contribution in [1.29, 1.82) is 0 Å². The Hall–Kier alpha value is -3.52. The van der Waals surface area contributed by atoms with E-state index in [9.17, 15) is 13.2 Å². The summed E-state index contributed by atoms with van der Waals surface area (Å²) in [6, 6.07) is 22.6. The first-order valence-electron chi connectivity index (χ1n) is 11.1. The molecule has 1 unspecified atom stereocenters. The number of ether oxygens (including phenoxy) is 2. The first kappa shape index (κ1) is 23.6. The number of carbonyl (C=O) groups excluding carboxylic acids is 1. The van der Waals surface area contributed by atoms with Crippen LogP contribution in [0, 0.1) is 0 Å². The standard InChI is InChI=1S/C26H28N2O5S/c1-32-22-13-15-24(16-14-22)34(30,31)28(21-10-6-11-23(18-21)33-2)19-26(29)27-17-7-12-25(27)20-8-4-3-5-9-20/h3-6,8-11,13-16,18,25H,7,12,17,19H2,1-2H3. The van der Waals surface area contributed by atoms with Gasteiger partial charge in [-0.2, -0.15) is 0 Å². The highest BCUT2D eigenvalue weighted by atomic mass is 32.2. The molecule has 0 radical (unpaired) electrons. The smallest absolute Gasteiger partial charge is 0.264 e. The highest BCUT2D eigenvalue weighted by Gasteiger charge is 2.34. The second kappa shape index (κ2) is 10.2. The predicted octanol–water partition coefficient (Wildman–Crippen LogP) is 4.26. The van der Waals surface area contributed by atoms with Crippen LogP contribution in [0.15, 0.2) is 83.8 Å². The monoisotopic (exact) mass is 480 g/mol. The maximum Gasteiger partial charge on any atom is 0.264 e. The molecule has 3 aromatic carbocycles. The molecule has 1 aliphatic rings. The van der Waals surface area contributed by atoms with E-state index in [1.807, 2.05) is 30.3 Å². The number of hydrogen-bond acceptors (Lipinski definition) is 5. The van der Waals surface area contributed by atoms with E-state index in [2.05, 4.69) is 0 Å². The van der Waals surface area contributed by atoms with Gasteiger partial charge in [0.05, 0.1) is 30.8 Å². The maximum atomic E-state index is 13.7. The van der Waals surface area contributed by atoms with Crippen molar-refractivity contribution in [2.75, 3.05) is 31.6 Å². The molecule has 1 atom stereocenters. The number of carbonyl (C=O) groups is 1. The summed E-state index contributed by atoms with van der Waals surface area (Å²) in [6.45, 7) is 0.276. The van der Waals surface area contributed by atoms with Crippen molar-refractivity contribution in [2.45, 2.75) is 23.8 Å². The zero-order valence-corrected chi connectivity index (χ0v) is 20.1. The van der Waals surface area contributed by atoms with E-state index in [0.29, 0.717) is 23.7 Å². The van der Waals surface area contributed by atoms with Gasteiger partial charge >= 0.3 is 0 Å².